The third-order valence-corrected chi connectivity index (χ3v) is 5.24. The van der Waals surface area contributed by atoms with E-state index < -0.39 is 4.92 Å². The number of unbranched alkanes of at least 4 members (excludes halogenated alkanes) is 1. The van der Waals surface area contributed by atoms with Crippen molar-refractivity contribution in [2.45, 2.75) is 19.4 Å². The van der Waals surface area contributed by atoms with Crippen LogP contribution in [0, 0.1) is 10.1 Å². The molecule has 1 heterocycles. The molecule has 0 radical (unpaired) electrons. The number of benzene rings is 2. The zero-order valence-electron chi connectivity index (χ0n) is 16.6. The van der Waals surface area contributed by atoms with Crippen molar-refractivity contribution >= 4 is 11.6 Å². The molecule has 0 aromatic heterocycles. The summed E-state index contributed by atoms with van der Waals surface area (Å²) in [5.74, 6) is -0.186. The molecule has 2 aromatic rings. The van der Waals surface area contributed by atoms with Gasteiger partial charge in [0.25, 0.3) is 11.6 Å². The summed E-state index contributed by atoms with van der Waals surface area (Å²) in [5.41, 5.74) is 1.81. The Hall–Kier alpha value is -2.77. The molecule has 1 amide bonds. The van der Waals surface area contributed by atoms with Crippen molar-refractivity contribution < 1.29 is 9.72 Å². The zero-order valence-corrected chi connectivity index (χ0v) is 16.6. The van der Waals surface area contributed by atoms with Gasteiger partial charge in [-0.25, -0.2) is 0 Å². The second-order valence-electron chi connectivity index (χ2n) is 7.37. The number of nitrogens with zero attached hydrogens (tertiary/aromatic N) is 3. The SMILES string of the molecule is O=C(NCCCCN1CCN(Cc2ccccc2)CC1)c1ccc([N+](=O)[O-])cc1. The van der Waals surface area contributed by atoms with Gasteiger partial charge >= 0.3 is 0 Å². The minimum atomic E-state index is -0.469. The molecule has 0 unspecified atom stereocenters. The smallest absolute Gasteiger partial charge is 0.269 e. The van der Waals surface area contributed by atoms with Crippen molar-refractivity contribution in [1.82, 2.24) is 15.1 Å². The number of nitro benzene ring substituents is 1. The van der Waals surface area contributed by atoms with Gasteiger partial charge in [-0.15, -0.1) is 0 Å². The van der Waals surface area contributed by atoms with Gasteiger partial charge in [0.2, 0.25) is 0 Å². The summed E-state index contributed by atoms with van der Waals surface area (Å²) in [5, 5.41) is 13.5. The number of piperazine rings is 1. The van der Waals surface area contributed by atoms with E-state index >= 15 is 0 Å². The lowest BCUT2D eigenvalue weighted by Crippen LogP contribution is -2.46. The summed E-state index contributed by atoms with van der Waals surface area (Å²) < 4.78 is 0. The molecule has 154 valence electrons. The van der Waals surface area contributed by atoms with E-state index in [0.29, 0.717) is 12.1 Å². The molecule has 0 atom stereocenters. The monoisotopic (exact) mass is 396 g/mol. The Labute approximate surface area is 171 Å². The molecule has 1 fully saturated rings. The summed E-state index contributed by atoms with van der Waals surface area (Å²) in [7, 11) is 0. The Balaban J connectivity index is 1.27. The lowest BCUT2D eigenvalue weighted by atomic mass is 10.2. The van der Waals surface area contributed by atoms with Crippen LogP contribution < -0.4 is 5.32 Å². The van der Waals surface area contributed by atoms with Gasteiger partial charge < -0.3 is 10.2 Å². The highest BCUT2D eigenvalue weighted by Crippen LogP contribution is 2.12. The van der Waals surface area contributed by atoms with Crippen LogP contribution in [0.4, 0.5) is 5.69 Å². The van der Waals surface area contributed by atoms with Gasteiger partial charge in [-0.3, -0.25) is 19.8 Å². The van der Waals surface area contributed by atoms with Gasteiger partial charge in [-0.05, 0) is 37.1 Å². The molecule has 1 aliphatic heterocycles. The third-order valence-electron chi connectivity index (χ3n) is 5.24. The summed E-state index contributed by atoms with van der Waals surface area (Å²) in [6, 6.07) is 16.3. The summed E-state index contributed by atoms with van der Waals surface area (Å²) in [6.45, 7) is 7.03. The second-order valence-corrected chi connectivity index (χ2v) is 7.37. The molecule has 1 saturated heterocycles. The highest BCUT2D eigenvalue weighted by Gasteiger charge is 2.16. The molecular formula is C22H28N4O3. The molecule has 3 rings (SSSR count). The van der Waals surface area contributed by atoms with Gasteiger partial charge in [0.05, 0.1) is 4.92 Å². The Bertz CT molecular complexity index is 787. The third kappa shape index (κ3) is 6.66. The Morgan fingerprint density at radius 1 is 0.931 bits per heavy atom. The molecule has 7 heteroatoms. The van der Waals surface area contributed by atoms with E-state index in [9.17, 15) is 14.9 Å². The molecule has 0 bridgehead atoms. The van der Waals surface area contributed by atoms with Crippen LogP contribution >= 0.6 is 0 Å². The van der Waals surface area contributed by atoms with Crippen molar-refractivity contribution in [2.24, 2.45) is 0 Å². The van der Waals surface area contributed by atoms with Crippen molar-refractivity contribution in [3.05, 3.63) is 75.8 Å². The van der Waals surface area contributed by atoms with Crippen LogP contribution in [-0.2, 0) is 6.54 Å². The summed E-state index contributed by atoms with van der Waals surface area (Å²) in [6.07, 6.45) is 1.96. The lowest BCUT2D eigenvalue weighted by Gasteiger charge is -2.34. The van der Waals surface area contributed by atoms with Gasteiger partial charge in [-0.2, -0.15) is 0 Å². The molecule has 0 aliphatic carbocycles. The van der Waals surface area contributed by atoms with Gasteiger partial charge in [-0.1, -0.05) is 30.3 Å². The maximum atomic E-state index is 12.1. The van der Waals surface area contributed by atoms with E-state index in [0.717, 1.165) is 52.1 Å². The van der Waals surface area contributed by atoms with Crippen LogP contribution in [-0.4, -0.2) is 59.9 Å². The molecule has 0 spiro atoms. The predicted octanol–water partition coefficient (Wildman–Crippen LogP) is 2.92. The quantitative estimate of drug-likeness (QED) is 0.401. The van der Waals surface area contributed by atoms with Crippen LogP contribution in [0.3, 0.4) is 0 Å². The summed E-state index contributed by atoms with van der Waals surface area (Å²) >= 11 is 0. The number of amides is 1. The maximum absolute atomic E-state index is 12.1. The normalized spacial score (nSPS) is 15.2. The predicted molar refractivity (Wildman–Crippen MR) is 113 cm³/mol. The standard InChI is InChI=1S/C22H28N4O3/c27-22(20-8-10-21(11-9-20)26(28)29)23-12-4-5-13-24-14-16-25(17-15-24)18-19-6-2-1-3-7-19/h1-3,6-11H,4-5,12-18H2,(H,23,27). The van der Waals surface area contributed by atoms with Crippen LogP contribution in [0.25, 0.3) is 0 Å². The number of hydrogen-bond acceptors (Lipinski definition) is 5. The van der Waals surface area contributed by atoms with Crippen LogP contribution in [0.2, 0.25) is 0 Å². The van der Waals surface area contributed by atoms with Crippen molar-refractivity contribution in [3.63, 3.8) is 0 Å². The average Bonchev–Trinajstić information content (AvgIpc) is 2.75. The zero-order chi connectivity index (χ0) is 20.5. The summed E-state index contributed by atoms with van der Waals surface area (Å²) in [4.78, 5) is 27.2. The van der Waals surface area contributed by atoms with E-state index in [1.54, 1.807) is 0 Å². The van der Waals surface area contributed by atoms with E-state index in [4.69, 9.17) is 0 Å². The Kier molecular flexibility index (Phi) is 7.72. The molecule has 1 aliphatic rings. The molecule has 7 nitrogen and oxygen atoms in total. The minimum absolute atomic E-state index is 0.00887. The first-order valence-corrected chi connectivity index (χ1v) is 10.1. The van der Waals surface area contributed by atoms with E-state index in [2.05, 4.69) is 45.4 Å². The van der Waals surface area contributed by atoms with Crippen molar-refractivity contribution in [1.29, 1.82) is 0 Å². The lowest BCUT2D eigenvalue weighted by molar-refractivity contribution is -0.384. The number of non-ortho nitro benzene ring substituents is 1. The van der Waals surface area contributed by atoms with E-state index in [-0.39, 0.29) is 11.6 Å². The fourth-order valence-corrected chi connectivity index (χ4v) is 3.51. The maximum Gasteiger partial charge on any atom is 0.269 e. The van der Waals surface area contributed by atoms with Gasteiger partial charge in [0.1, 0.15) is 0 Å². The number of hydrogen-bond donors (Lipinski definition) is 1. The first-order valence-electron chi connectivity index (χ1n) is 10.1. The molecule has 1 N–H and O–H groups in total. The average molecular weight is 396 g/mol. The number of nitrogens with one attached hydrogen (secondary N) is 1. The van der Waals surface area contributed by atoms with E-state index in [1.165, 1.54) is 29.8 Å². The highest BCUT2D eigenvalue weighted by atomic mass is 16.6. The fourth-order valence-electron chi connectivity index (χ4n) is 3.51. The number of carbonyl (C=O) groups excluding carboxylic acids is 1. The largest absolute Gasteiger partial charge is 0.352 e. The van der Waals surface area contributed by atoms with Crippen LogP contribution in [0.5, 0.6) is 0 Å². The van der Waals surface area contributed by atoms with Gasteiger partial charge in [0.15, 0.2) is 0 Å². The topological polar surface area (TPSA) is 78.7 Å². The Morgan fingerprint density at radius 2 is 1.59 bits per heavy atom. The first kappa shape index (κ1) is 21.0. The number of nitro groups is 1. The minimum Gasteiger partial charge on any atom is -0.352 e. The van der Waals surface area contributed by atoms with Crippen LogP contribution in [0.1, 0.15) is 28.8 Å². The van der Waals surface area contributed by atoms with Crippen molar-refractivity contribution in [3.8, 4) is 0 Å². The van der Waals surface area contributed by atoms with Crippen LogP contribution in [0.15, 0.2) is 54.6 Å². The van der Waals surface area contributed by atoms with Crippen molar-refractivity contribution in [2.75, 3.05) is 39.3 Å². The number of rotatable bonds is 9. The number of carbonyl (C=O) groups is 1. The molecular weight excluding hydrogens is 368 g/mol. The Morgan fingerprint density at radius 3 is 2.24 bits per heavy atom. The second kappa shape index (κ2) is 10.7. The molecule has 0 saturated carbocycles. The molecule has 2 aromatic carbocycles. The van der Waals surface area contributed by atoms with E-state index in [1.807, 2.05) is 0 Å². The highest BCUT2D eigenvalue weighted by molar-refractivity contribution is 5.94. The fraction of sp³-hybridized carbons (Fsp3) is 0.409. The molecule has 29 heavy (non-hydrogen) atoms. The van der Waals surface area contributed by atoms with Gasteiger partial charge in [0, 0.05) is 57.0 Å². The first-order chi connectivity index (χ1) is 14.1.